The fourth-order valence-electron chi connectivity index (χ4n) is 10.7. The summed E-state index contributed by atoms with van der Waals surface area (Å²) in [6.07, 6.45) is 14.3. The Morgan fingerprint density at radius 3 is 1.91 bits per heavy atom. The molecule has 0 spiro atoms. The lowest BCUT2D eigenvalue weighted by atomic mass is 9.67. The molecule has 70 heavy (non-hydrogen) atoms. The van der Waals surface area contributed by atoms with Crippen molar-refractivity contribution in [1.82, 2.24) is 14.1 Å². The summed E-state index contributed by atoms with van der Waals surface area (Å²) in [7, 11) is 0. The van der Waals surface area contributed by atoms with E-state index in [1.54, 1.807) is 6.08 Å². The lowest BCUT2D eigenvalue weighted by Gasteiger charge is -2.35. The molecule has 336 valence electrons. The molecule has 0 aliphatic heterocycles. The Morgan fingerprint density at radius 1 is 0.557 bits per heavy atom. The van der Waals surface area contributed by atoms with E-state index >= 15 is 0 Å². The fourth-order valence-corrected chi connectivity index (χ4v) is 10.7. The molecule has 4 heteroatoms. The number of hydrogen-bond donors (Lipinski definition) is 0. The Hall–Kier alpha value is -8.99. The summed E-state index contributed by atoms with van der Waals surface area (Å²) in [5.41, 5.74) is 17.5. The number of aromatic nitrogens is 3. The van der Waals surface area contributed by atoms with Crippen molar-refractivity contribution in [1.29, 1.82) is 0 Å². The van der Waals surface area contributed by atoms with Gasteiger partial charge < -0.3 is 14.0 Å². The van der Waals surface area contributed by atoms with Crippen molar-refractivity contribution >= 4 is 49.8 Å². The fraction of sp³-hybridized carbons (Fsp3) is 0.0455. The molecule has 0 radical (unpaired) electrons. The normalized spacial score (nSPS) is 14.1. The van der Waals surface area contributed by atoms with Gasteiger partial charge in [0.1, 0.15) is 0 Å². The van der Waals surface area contributed by atoms with Crippen LogP contribution in [0.2, 0.25) is 0 Å². The van der Waals surface area contributed by atoms with Gasteiger partial charge in [-0.2, -0.15) is 0 Å². The first kappa shape index (κ1) is 43.6. The van der Waals surface area contributed by atoms with Crippen molar-refractivity contribution in [2.75, 3.05) is 4.90 Å². The molecule has 12 rings (SSSR count). The van der Waals surface area contributed by atoms with Crippen LogP contribution in [0.4, 0.5) is 17.1 Å². The van der Waals surface area contributed by atoms with Crippen molar-refractivity contribution < 1.29 is 0 Å². The van der Waals surface area contributed by atoms with Gasteiger partial charge in [-0.25, -0.2) is 0 Å². The zero-order valence-corrected chi connectivity index (χ0v) is 39.5. The first-order valence-corrected chi connectivity index (χ1v) is 23.9. The molecule has 3 heterocycles. The third kappa shape index (κ3) is 7.21. The van der Waals surface area contributed by atoms with E-state index < -0.39 is 5.41 Å². The number of para-hydroxylation sites is 2. The van der Waals surface area contributed by atoms with Crippen LogP contribution in [0.1, 0.15) is 30.5 Å². The molecule has 0 fully saturated rings. The third-order valence-corrected chi connectivity index (χ3v) is 13.6. The molecule has 0 saturated heterocycles. The second-order valence-corrected chi connectivity index (χ2v) is 17.5. The number of nitrogens with zero attached hydrogens (tertiary/aromatic N) is 4. The smallest absolute Gasteiger partial charge is 0.0788 e. The first-order valence-electron chi connectivity index (χ1n) is 23.9. The highest BCUT2D eigenvalue weighted by molar-refractivity contribution is 6.19. The van der Waals surface area contributed by atoms with Crippen LogP contribution in [0.15, 0.2) is 274 Å². The molecule has 1 atom stereocenters. The summed E-state index contributed by atoms with van der Waals surface area (Å²) in [4.78, 5) is 7.10. The molecule has 0 bridgehead atoms. The van der Waals surface area contributed by atoms with Gasteiger partial charge in [0, 0.05) is 62.6 Å². The zero-order chi connectivity index (χ0) is 47.6. The molecular weight excluding hydrogens is 849 g/mol. The lowest BCUT2D eigenvalue weighted by molar-refractivity contribution is 0.767. The Kier molecular flexibility index (Phi) is 11.6. The summed E-state index contributed by atoms with van der Waals surface area (Å²) in [5, 5.41) is 3.55. The van der Waals surface area contributed by atoms with Gasteiger partial charge in [0.05, 0.1) is 27.7 Å². The average Bonchev–Trinajstić information content (AvgIpc) is 4.10. The van der Waals surface area contributed by atoms with Crippen molar-refractivity contribution in [2.45, 2.75) is 19.3 Å². The SMILES string of the molecule is C=C/C(=C\C=C/C)C1(c2ccccc2)c2ccccc2-c2ccc(N(c3ccc(-c4ccccn4)cc3)c3ccc4c(c3)c3ccc5ccn(-c6ccccc6)c5c3n4-c3ccccc3)cc21.C=CC. The van der Waals surface area contributed by atoms with Crippen molar-refractivity contribution in [3.63, 3.8) is 0 Å². The van der Waals surface area contributed by atoms with Crippen LogP contribution >= 0.6 is 0 Å². The number of fused-ring (bicyclic) bond motifs is 8. The van der Waals surface area contributed by atoms with Gasteiger partial charge in [-0.3, -0.25) is 4.98 Å². The minimum atomic E-state index is -0.620. The molecule has 4 nitrogen and oxygen atoms in total. The summed E-state index contributed by atoms with van der Waals surface area (Å²) >= 11 is 0. The van der Waals surface area contributed by atoms with E-state index in [2.05, 4.69) is 264 Å². The molecule has 1 aliphatic carbocycles. The highest BCUT2D eigenvalue weighted by atomic mass is 15.1. The first-order chi connectivity index (χ1) is 34.6. The monoisotopic (exact) mass is 900 g/mol. The van der Waals surface area contributed by atoms with Crippen LogP contribution in [0.5, 0.6) is 0 Å². The van der Waals surface area contributed by atoms with Crippen LogP contribution in [-0.4, -0.2) is 14.1 Å². The quantitative estimate of drug-likeness (QED) is 0.101. The second kappa shape index (κ2) is 18.6. The maximum atomic E-state index is 4.69. The molecule has 0 amide bonds. The van der Waals surface area contributed by atoms with Gasteiger partial charge >= 0.3 is 0 Å². The molecule has 11 aromatic rings. The van der Waals surface area contributed by atoms with Crippen molar-refractivity contribution in [2.24, 2.45) is 0 Å². The van der Waals surface area contributed by atoms with E-state index in [1.165, 1.54) is 55.0 Å². The highest BCUT2D eigenvalue weighted by Gasteiger charge is 2.46. The summed E-state index contributed by atoms with van der Waals surface area (Å²) in [5.74, 6) is 0. The minimum Gasteiger partial charge on any atom is -0.315 e. The molecule has 0 saturated carbocycles. The predicted octanol–water partition coefficient (Wildman–Crippen LogP) is 17.5. The molecule has 3 aromatic heterocycles. The molecule has 8 aromatic carbocycles. The summed E-state index contributed by atoms with van der Waals surface area (Å²) in [6, 6.07) is 76.9. The van der Waals surface area contributed by atoms with E-state index in [0.29, 0.717) is 0 Å². The van der Waals surface area contributed by atoms with E-state index in [-0.39, 0.29) is 0 Å². The number of benzene rings is 8. The second-order valence-electron chi connectivity index (χ2n) is 17.5. The summed E-state index contributed by atoms with van der Waals surface area (Å²) in [6.45, 7) is 11.8. The van der Waals surface area contributed by atoms with Crippen LogP contribution in [-0.2, 0) is 5.41 Å². The Morgan fingerprint density at radius 2 is 1.20 bits per heavy atom. The van der Waals surface area contributed by atoms with Crippen LogP contribution < -0.4 is 4.90 Å². The van der Waals surface area contributed by atoms with Crippen LogP contribution in [0, 0.1) is 0 Å². The number of rotatable bonds is 10. The van der Waals surface area contributed by atoms with Gasteiger partial charge in [0.25, 0.3) is 0 Å². The van der Waals surface area contributed by atoms with Crippen LogP contribution in [0.3, 0.4) is 0 Å². The van der Waals surface area contributed by atoms with Crippen LogP contribution in [0.25, 0.3) is 66.5 Å². The predicted molar refractivity (Wildman–Crippen MR) is 296 cm³/mol. The molecule has 0 N–H and O–H groups in total. The number of pyridine rings is 1. The van der Waals surface area contributed by atoms with Gasteiger partial charge in [-0.1, -0.05) is 164 Å². The standard InChI is InChI=1S/C63H46N4.C3H6/c1-3-5-19-46(4-2)63(47-20-9-6-10-21-47)57-27-16-15-26-53(57)54-37-34-52(43-58(54)63)66(50-32-29-44(30-33-50)59-28-17-18-40-64-59)51-35-38-60-56(42-51)55-36-31-45-39-41-65(48-22-11-7-12-23-48)61(45)62(55)67(60)49-24-13-8-14-25-49;1-3-2/h3-43H,2H2,1H3;3H,1H2,2H3/b5-3-,46-19+;. The van der Waals surface area contributed by atoms with Gasteiger partial charge in [0.2, 0.25) is 0 Å². The Labute approximate surface area is 410 Å². The number of anilines is 3. The third-order valence-electron chi connectivity index (χ3n) is 13.6. The maximum absolute atomic E-state index is 4.69. The van der Waals surface area contributed by atoms with E-state index in [9.17, 15) is 0 Å². The van der Waals surface area contributed by atoms with E-state index in [0.717, 1.165) is 50.8 Å². The Bertz CT molecular complexity index is 3750. The highest BCUT2D eigenvalue weighted by Crippen LogP contribution is 2.58. The summed E-state index contributed by atoms with van der Waals surface area (Å²) < 4.78 is 4.77. The lowest BCUT2D eigenvalue weighted by Crippen LogP contribution is -2.29. The van der Waals surface area contributed by atoms with Gasteiger partial charge in [-0.15, -0.1) is 6.58 Å². The molecule has 1 aliphatic rings. The van der Waals surface area contributed by atoms with Crippen molar-refractivity contribution in [3.8, 4) is 33.8 Å². The average molecular weight is 901 g/mol. The molecule has 1 unspecified atom stereocenters. The van der Waals surface area contributed by atoms with Crippen molar-refractivity contribution in [3.05, 3.63) is 291 Å². The topological polar surface area (TPSA) is 26.0 Å². The number of allylic oxidation sites excluding steroid dienone is 6. The van der Waals surface area contributed by atoms with Gasteiger partial charge in [-0.05, 0) is 132 Å². The number of hydrogen-bond acceptors (Lipinski definition) is 2. The van der Waals surface area contributed by atoms with Gasteiger partial charge in [0.15, 0.2) is 0 Å². The molecular formula is C66H52N4. The maximum Gasteiger partial charge on any atom is 0.0788 e. The largest absolute Gasteiger partial charge is 0.315 e. The van der Waals surface area contributed by atoms with E-state index in [4.69, 9.17) is 0 Å². The van der Waals surface area contributed by atoms with E-state index in [1.807, 2.05) is 31.3 Å². The Balaban J connectivity index is 0.00000174. The minimum absolute atomic E-state index is 0.620. The zero-order valence-electron chi connectivity index (χ0n) is 39.5.